The van der Waals surface area contributed by atoms with Crippen LogP contribution < -0.4 is 0 Å². The standard InChI is InChI=1S/C12H17NO3/c1-4-5-16-13-8-9-10(14)6-12(2,3)7-11(9)15/h4,8-9H,1,5-7H2,2-3H3/b13-8-. The van der Waals surface area contributed by atoms with Crippen LogP contribution in [0, 0.1) is 11.3 Å². The number of rotatable bonds is 4. The Morgan fingerprint density at radius 2 is 2.00 bits per heavy atom. The normalized spacial score (nSPS) is 21.4. The highest BCUT2D eigenvalue weighted by Gasteiger charge is 2.38. The lowest BCUT2D eigenvalue weighted by atomic mass is 9.72. The van der Waals surface area contributed by atoms with Crippen LogP contribution in [0.15, 0.2) is 17.8 Å². The average Bonchev–Trinajstić information content (AvgIpc) is 2.13. The summed E-state index contributed by atoms with van der Waals surface area (Å²) < 4.78 is 0. The van der Waals surface area contributed by atoms with Crippen LogP contribution in [-0.2, 0) is 14.4 Å². The van der Waals surface area contributed by atoms with Crippen LogP contribution in [0.1, 0.15) is 26.7 Å². The van der Waals surface area contributed by atoms with E-state index in [0.29, 0.717) is 12.8 Å². The van der Waals surface area contributed by atoms with Gasteiger partial charge in [-0.15, -0.1) is 0 Å². The van der Waals surface area contributed by atoms with Gasteiger partial charge in [0.25, 0.3) is 0 Å². The number of ketones is 2. The first-order chi connectivity index (χ1) is 7.46. The van der Waals surface area contributed by atoms with Crippen LogP contribution in [0.4, 0.5) is 0 Å². The lowest BCUT2D eigenvalue weighted by Crippen LogP contribution is -2.38. The molecular formula is C12H17NO3. The largest absolute Gasteiger partial charge is 0.392 e. The monoisotopic (exact) mass is 223 g/mol. The molecular weight excluding hydrogens is 206 g/mol. The highest BCUT2D eigenvalue weighted by molar-refractivity contribution is 6.16. The van der Waals surface area contributed by atoms with E-state index < -0.39 is 5.92 Å². The van der Waals surface area contributed by atoms with E-state index in [1.165, 1.54) is 6.21 Å². The third-order valence-electron chi connectivity index (χ3n) is 2.48. The smallest absolute Gasteiger partial charge is 0.149 e. The number of carbonyl (C=O) groups is 2. The molecule has 0 aromatic heterocycles. The summed E-state index contributed by atoms with van der Waals surface area (Å²) in [6, 6.07) is 0. The van der Waals surface area contributed by atoms with Gasteiger partial charge in [-0.3, -0.25) is 9.59 Å². The van der Waals surface area contributed by atoms with E-state index in [4.69, 9.17) is 4.84 Å². The van der Waals surface area contributed by atoms with Gasteiger partial charge in [0.15, 0.2) is 0 Å². The maximum absolute atomic E-state index is 11.7. The molecule has 1 aliphatic carbocycles. The molecule has 0 saturated heterocycles. The van der Waals surface area contributed by atoms with Crippen LogP contribution in [0.5, 0.6) is 0 Å². The SMILES string of the molecule is C=CCO/N=C\C1C(=O)CC(C)(C)CC1=O. The Bertz CT molecular complexity index is 311. The van der Waals surface area contributed by atoms with Gasteiger partial charge in [-0.1, -0.05) is 31.7 Å². The second-order valence-electron chi connectivity index (χ2n) is 4.77. The average molecular weight is 223 g/mol. The molecule has 0 aromatic carbocycles. The Morgan fingerprint density at radius 3 is 2.50 bits per heavy atom. The van der Waals surface area contributed by atoms with Crippen LogP contribution in [0.3, 0.4) is 0 Å². The summed E-state index contributed by atoms with van der Waals surface area (Å²) in [7, 11) is 0. The summed E-state index contributed by atoms with van der Waals surface area (Å²) in [6.45, 7) is 7.58. The molecule has 0 atom stereocenters. The Labute approximate surface area is 95.3 Å². The first-order valence-electron chi connectivity index (χ1n) is 5.28. The number of hydrogen-bond donors (Lipinski definition) is 0. The maximum atomic E-state index is 11.7. The fraction of sp³-hybridized carbons (Fsp3) is 0.583. The second kappa shape index (κ2) is 5.05. The van der Waals surface area contributed by atoms with E-state index in [1.807, 2.05) is 13.8 Å². The predicted octanol–water partition coefficient (Wildman–Crippen LogP) is 1.75. The lowest BCUT2D eigenvalue weighted by Gasteiger charge is -2.30. The first kappa shape index (κ1) is 12.6. The van der Waals surface area contributed by atoms with Gasteiger partial charge in [0.05, 0.1) is 6.21 Å². The van der Waals surface area contributed by atoms with E-state index in [0.717, 1.165) is 0 Å². The van der Waals surface area contributed by atoms with Crippen LogP contribution in [-0.4, -0.2) is 24.4 Å². The van der Waals surface area contributed by atoms with Gasteiger partial charge in [-0.25, -0.2) is 0 Å². The van der Waals surface area contributed by atoms with Crippen molar-refractivity contribution in [1.82, 2.24) is 0 Å². The van der Waals surface area contributed by atoms with Crippen LogP contribution in [0.2, 0.25) is 0 Å². The molecule has 0 aromatic rings. The summed E-state index contributed by atoms with van der Waals surface area (Å²) in [4.78, 5) is 28.2. The van der Waals surface area contributed by atoms with E-state index in [-0.39, 0.29) is 23.6 Å². The molecule has 0 heterocycles. The third kappa shape index (κ3) is 3.29. The third-order valence-corrected chi connectivity index (χ3v) is 2.48. The van der Waals surface area contributed by atoms with Gasteiger partial charge >= 0.3 is 0 Å². The molecule has 0 aliphatic heterocycles. The molecule has 4 heteroatoms. The molecule has 1 rings (SSSR count). The Kier molecular flexibility index (Phi) is 3.99. The number of oxime groups is 1. The predicted molar refractivity (Wildman–Crippen MR) is 61.2 cm³/mol. The maximum Gasteiger partial charge on any atom is 0.149 e. The van der Waals surface area contributed by atoms with Crippen molar-refractivity contribution in [2.45, 2.75) is 26.7 Å². The zero-order valence-electron chi connectivity index (χ0n) is 9.73. The van der Waals surface area contributed by atoms with Crippen LogP contribution >= 0.6 is 0 Å². The molecule has 0 spiro atoms. The molecule has 0 N–H and O–H groups in total. The van der Waals surface area contributed by atoms with Gasteiger partial charge in [0.2, 0.25) is 0 Å². The van der Waals surface area contributed by atoms with Gasteiger partial charge < -0.3 is 4.84 Å². The number of Topliss-reactive ketones (excluding diaryl/α,β-unsaturated/α-hetero) is 2. The van der Waals surface area contributed by atoms with Crippen molar-refractivity contribution in [1.29, 1.82) is 0 Å². The van der Waals surface area contributed by atoms with Crippen molar-refractivity contribution in [3.8, 4) is 0 Å². The molecule has 0 amide bonds. The zero-order chi connectivity index (χ0) is 12.2. The number of carbonyl (C=O) groups excluding carboxylic acids is 2. The minimum absolute atomic E-state index is 0.0767. The summed E-state index contributed by atoms with van der Waals surface area (Å²) in [5.41, 5.74) is -0.222. The molecule has 0 radical (unpaired) electrons. The minimum Gasteiger partial charge on any atom is -0.392 e. The van der Waals surface area contributed by atoms with Crippen LogP contribution in [0.25, 0.3) is 0 Å². The van der Waals surface area contributed by atoms with E-state index >= 15 is 0 Å². The fourth-order valence-corrected chi connectivity index (χ4v) is 1.77. The van der Waals surface area contributed by atoms with E-state index in [2.05, 4.69) is 11.7 Å². The highest BCUT2D eigenvalue weighted by Crippen LogP contribution is 2.33. The fourth-order valence-electron chi connectivity index (χ4n) is 1.77. The van der Waals surface area contributed by atoms with E-state index in [1.54, 1.807) is 6.08 Å². The van der Waals surface area contributed by atoms with Crippen molar-refractivity contribution < 1.29 is 14.4 Å². The van der Waals surface area contributed by atoms with E-state index in [9.17, 15) is 9.59 Å². The molecule has 16 heavy (non-hydrogen) atoms. The molecule has 1 fully saturated rings. The van der Waals surface area contributed by atoms with Crippen molar-refractivity contribution in [3.05, 3.63) is 12.7 Å². The minimum atomic E-state index is -0.724. The Morgan fingerprint density at radius 1 is 1.44 bits per heavy atom. The van der Waals surface area contributed by atoms with Gasteiger partial charge in [-0.05, 0) is 5.41 Å². The number of nitrogens with zero attached hydrogens (tertiary/aromatic N) is 1. The van der Waals surface area contributed by atoms with Gasteiger partial charge in [0, 0.05) is 12.8 Å². The van der Waals surface area contributed by atoms with Gasteiger partial charge in [-0.2, -0.15) is 0 Å². The molecule has 0 unspecified atom stereocenters. The topological polar surface area (TPSA) is 55.7 Å². The zero-order valence-corrected chi connectivity index (χ0v) is 9.73. The molecule has 1 aliphatic rings. The van der Waals surface area contributed by atoms with Crippen molar-refractivity contribution in [2.24, 2.45) is 16.5 Å². The quantitative estimate of drug-likeness (QED) is 0.240. The summed E-state index contributed by atoms with van der Waals surface area (Å²) in [5, 5.41) is 3.60. The molecule has 4 nitrogen and oxygen atoms in total. The van der Waals surface area contributed by atoms with Crippen molar-refractivity contribution in [3.63, 3.8) is 0 Å². The summed E-state index contributed by atoms with van der Waals surface area (Å²) in [5.74, 6) is -0.878. The molecule has 88 valence electrons. The van der Waals surface area contributed by atoms with Crippen molar-refractivity contribution in [2.75, 3.05) is 6.61 Å². The highest BCUT2D eigenvalue weighted by atomic mass is 16.6. The van der Waals surface area contributed by atoms with Gasteiger partial charge in [0.1, 0.15) is 24.1 Å². The Balaban J connectivity index is 2.61. The number of hydrogen-bond acceptors (Lipinski definition) is 4. The molecule has 0 bridgehead atoms. The first-order valence-corrected chi connectivity index (χ1v) is 5.28. The Hall–Kier alpha value is -1.45. The lowest BCUT2D eigenvalue weighted by molar-refractivity contribution is -0.136. The molecule has 1 saturated carbocycles. The summed E-state index contributed by atoms with van der Waals surface area (Å²) >= 11 is 0. The second-order valence-corrected chi connectivity index (χ2v) is 4.77. The van der Waals surface area contributed by atoms with Crippen molar-refractivity contribution >= 4 is 17.8 Å². The summed E-state index contributed by atoms with van der Waals surface area (Å²) in [6.07, 6.45) is 3.67.